The third-order valence-electron chi connectivity index (χ3n) is 3.74. The number of benzene rings is 2. The minimum atomic E-state index is -0.332. The molecule has 0 atom stereocenters. The van der Waals surface area contributed by atoms with E-state index in [1.54, 1.807) is 18.2 Å². The van der Waals surface area contributed by atoms with Crippen LogP contribution in [0.2, 0.25) is 0 Å². The quantitative estimate of drug-likeness (QED) is 0.686. The maximum atomic E-state index is 12.6. The van der Waals surface area contributed by atoms with Gasteiger partial charge in [0, 0.05) is 4.47 Å². The Bertz CT molecular complexity index is 897. The molecule has 7 heteroatoms. The van der Waals surface area contributed by atoms with Crippen LogP contribution in [-0.4, -0.2) is 27.8 Å². The molecule has 0 bridgehead atoms. The maximum absolute atomic E-state index is 12.6. The Kier molecular flexibility index (Phi) is 5.68. The van der Waals surface area contributed by atoms with E-state index in [1.807, 2.05) is 31.2 Å². The Morgan fingerprint density at radius 3 is 2.73 bits per heavy atom. The van der Waals surface area contributed by atoms with Crippen molar-refractivity contribution in [2.45, 2.75) is 13.5 Å². The number of thioether (sulfide) groups is 1. The van der Waals surface area contributed by atoms with Crippen molar-refractivity contribution in [1.82, 2.24) is 4.90 Å². The lowest BCUT2D eigenvalue weighted by atomic mass is 10.1. The number of carbonyl (C=O) groups is 2. The summed E-state index contributed by atoms with van der Waals surface area (Å²) >= 11 is 4.34. The third-order valence-corrected chi connectivity index (χ3v) is 5.42. The second-order valence-corrected chi connectivity index (χ2v) is 7.37. The van der Waals surface area contributed by atoms with Crippen molar-refractivity contribution in [3.63, 3.8) is 0 Å². The SMILES string of the molecule is CCOc1cc(/C=C2/SC(=O)N(Cc3ccccc3Br)C2=O)ccc1O. The second-order valence-electron chi connectivity index (χ2n) is 5.52. The number of rotatable bonds is 5. The molecule has 0 unspecified atom stereocenters. The zero-order chi connectivity index (χ0) is 18.7. The van der Waals surface area contributed by atoms with Crippen LogP contribution in [0.25, 0.3) is 6.08 Å². The summed E-state index contributed by atoms with van der Waals surface area (Å²) in [5.74, 6) is 0.0431. The lowest BCUT2D eigenvalue weighted by Gasteiger charge is -2.13. The largest absolute Gasteiger partial charge is 0.504 e. The van der Waals surface area contributed by atoms with Gasteiger partial charge in [-0.05, 0) is 54.1 Å². The van der Waals surface area contributed by atoms with Gasteiger partial charge in [0.25, 0.3) is 11.1 Å². The third kappa shape index (κ3) is 3.94. The molecule has 1 saturated heterocycles. The summed E-state index contributed by atoms with van der Waals surface area (Å²) < 4.78 is 6.20. The number of hydrogen-bond acceptors (Lipinski definition) is 5. The van der Waals surface area contributed by atoms with Crippen molar-refractivity contribution in [3.05, 3.63) is 63.0 Å². The number of phenolic OH excluding ortho intramolecular Hbond substituents is 1. The Labute approximate surface area is 163 Å². The normalized spacial score (nSPS) is 15.8. The zero-order valence-electron chi connectivity index (χ0n) is 13.9. The lowest BCUT2D eigenvalue weighted by molar-refractivity contribution is -0.123. The molecule has 0 saturated carbocycles. The van der Waals surface area contributed by atoms with E-state index in [1.165, 1.54) is 11.0 Å². The predicted molar refractivity (Wildman–Crippen MR) is 105 cm³/mol. The molecular formula is C19H16BrNO4S. The molecule has 1 aliphatic heterocycles. The van der Waals surface area contributed by atoms with E-state index in [2.05, 4.69) is 15.9 Å². The Hall–Kier alpha value is -2.25. The zero-order valence-corrected chi connectivity index (χ0v) is 16.3. The van der Waals surface area contributed by atoms with Gasteiger partial charge in [-0.3, -0.25) is 14.5 Å². The number of halogens is 1. The van der Waals surface area contributed by atoms with Crippen LogP contribution < -0.4 is 4.74 Å². The molecular weight excluding hydrogens is 418 g/mol. The van der Waals surface area contributed by atoms with Crippen molar-refractivity contribution >= 4 is 44.9 Å². The van der Waals surface area contributed by atoms with Gasteiger partial charge in [-0.1, -0.05) is 40.2 Å². The van der Waals surface area contributed by atoms with Crippen LogP contribution in [0.4, 0.5) is 4.79 Å². The van der Waals surface area contributed by atoms with E-state index in [0.717, 1.165) is 21.8 Å². The summed E-state index contributed by atoms with van der Waals surface area (Å²) in [5.41, 5.74) is 1.54. The number of hydrogen-bond donors (Lipinski definition) is 1. The average molecular weight is 434 g/mol. The molecule has 2 amide bonds. The summed E-state index contributed by atoms with van der Waals surface area (Å²) in [6.07, 6.45) is 1.63. The molecule has 26 heavy (non-hydrogen) atoms. The first-order valence-electron chi connectivity index (χ1n) is 7.94. The van der Waals surface area contributed by atoms with E-state index in [4.69, 9.17) is 4.74 Å². The fraction of sp³-hybridized carbons (Fsp3) is 0.158. The molecule has 134 valence electrons. The molecule has 3 rings (SSSR count). The predicted octanol–water partition coefficient (Wildman–Crippen LogP) is 4.79. The smallest absolute Gasteiger partial charge is 0.293 e. The fourth-order valence-electron chi connectivity index (χ4n) is 2.48. The number of amides is 2. The van der Waals surface area contributed by atoms with E-state index in [9.17, 15) is 14.7 Å². The Morgan fingerprint density at radius 2 is 2.00 bits per heavy atom. The van der Waals surface area contributed by atoms with E-state index < -0.39 is 0 Å². The number of carbonyl (C=O) groups excluding carboxylic acids is 2. The molecule has 0 radical (unpaired) electrons. The number of imide groups is 1. The molecule has 0 aromatic heterocycles. The van der Waals surface area contributed by atoms with Gasteiger partial charge in [0.2, 0.25) is 0 Å². The van der Waals surface area contributed by atoms with Crippen LogP contribution in [0.1, 0.15) is 18.1 Å². The summed E-state index contributed by atoms with van der Waals surface area (Å²) in [7, 11) is 0. The van der Waals surface area contributed by atoms with Gasteiger partial charge in [-0.15, -0.1) is 0 Å². The molecule has 1 aliphatic rings. The topological polar surface area (TPSA) is 66.8 Å². The molecule has 2 aromatic carbocycles. The number of nitrogens with zero attached hydrogens (tertiary/aromatic N) is 1. The Balaban J connectivity index is 1.83. The van der Waals surface area contributed by atoms with Gasteiger partial charge in [-0.2, -0.15) is 0 Å². The molecule has 0 spiro atoms. The number of ether oxygens (including phenoxy) is 1. The number of phenols is 1. The molecule has 1 N–H and O–H groups in total. The van der Waals surface area contributed by atoms with Crippen molar-refractivity contribution in [2.24, 2.45) is 0 Å². The highest BCUT2D eigenvalue weighted by Gasteiger charge is 2.35. The van der Waals surface area contributed by atoms with Gasteiger partial charge in [0.1, 0.15) is 0 Å². The van der Waals surface area contributed by atoms with Crippen LogP contribution in [0.5, 0.6) is 11.5 Å². The molecule has 5 nitrogen and oxygen atoms in total. The maximum Gasteiger partial charge on any atom is 0.293 e. The van der Waals surface area contributed by atoms with Gasteiger partial charge >= 0.3 is 0 Å². The van der Waals surface area contributed by atoms with Crippen LogP contribution in [-0.2, 0) is 11.3 Å². The van der Waals surface area contributed by atoms with E-state index >= 15 is 0 Å². The second kappa shape index (κ2) is 7.97. The molecule has 0 aliphatic carbocycles. The monoisotopic (exact) mass is 433 g/mol. The highest BCUT2D eigenvalue weighted by Crippen LogP contribution is 2.35. The first kappa shape index (κ1) is 18.5. The summed E-state index contributed by atoms with van der Waals surface area (Å²) in [4.78, 5) is 26.5. The molecule has 1 heterocycles. The highest BCUT2D eigenvalue weighted by molar-refractivity contribution is 9.10. The van der Waals surface area contributed by atoms with Gasteiger partial charge < -0.3 is 9.84 Å². The van der Waals surface area contributed by atoms with E-state index in [-0.39, 0.29) is 23.4 Å². The van der Waals surface area contributed by atoms with Crippen molar-refractivity contribution < 1.29 is 19.4 Å². The van der Waals surface area contributed by atoms with Crippen molar-refractivity contribution in [2.75, 3.05) is 6.61 Å². The van der Waals surface area contributed by atoms with Crippen LogP contribution >= 0.6 is 27.7 Å². The molecule has 2 aromatic rings. The fourth-order valence-corrected chi connectivity index (χ4v) is 3.72. The minimum Gasteiger partial charge on any atom is -0.504 e. The van der Waals surface area contributed by atoms with Gasteiger partial charge in [-0.25, -0.2) is 0 Å². The van der Waals surface area contributed by atoms with Crippen molar-refractivity contribution in [3.8, 4) is 11.5 Å². The van der Waals surface area contributed by atoms with Crippen LogP contribution in [0, 0.1) is 0 Å². The lowest BCUT2D eigenvalue weighted by Crippen LogP contribution is -2.27. The summed E-state index contributed by atoms with van der Waals surface area (Å²) in [6.45, 7) is 2.45. The molecule has 1 fully saturated rings. The average Bonchev–Trinajstić information content (AvgIpc) is 2.87. The summed E-state index contributed by atoms with van der Waals surface area (Å²) in [5, 5.41) is 9.46. The summed E-state index contributed by atoms with van der Waals surface area (Å²) in [6, 6.07) is 12.3. The van der Waals surface area contributed by atoms with Crippen LogP contribution in [0.3, 0.4) is 0 Å². The van der Waals surface area contributed by atoms with E-state index in [0.29, 0.717) is 22.8 Å². The van der Waals surface area contributed by atoms with Crippen molar-refractivity contribution in [1.29, 1.82) is 0 Å². The van der Waals surface area contributed by atoms with Gasteiger partial charge in [0.15, 0.2) is 11.5 Å². The highest BCUT2D eigenvalue weighted by atomic mass is 79.9. The van der Waals surface area contributed by atoms with Crippen LogP contribution in [0.15, 0.2) is 51.8 Å². The number of aromatic hydroxyl groups is 1. The van der Waals surface area contributed by atoms with Gasteiger partial charge in [0.05, 0.1) is 18.1 Å². The Morgan fingerprint density at radius 1 is 1.23 bits per heavy atom. The minimum absolute atomic E-state index is 0.0334. The standard InChI is InChI=1S/C19H16BrNO4S/c1-2-25-16-9-12(7-8-15(16)22)10-17-18(23)21(19(24)26-17)11-13-5-3-4-6-14(13)20/h3-10,22H,2,11H2,1H3/b17-10+. The first-order chi connectivity index (χ1) is 12.5. The first-order valence-corrected chi connectivity index (χ1v) is 9.55.